The lowest BCUT2D eigenvalue weighted by atomic mass is 10.2. The third kappa shape index (κ3) is 4.48. The predicted molar refractivity (Wildman–Crippen MR) is 65.9 cm³/mol. The van der Waals surface area contributed by atoms with Gasteiger partial charge in [-0.05, 0) is 0 Å². The minimum atomic E-state index is 0.178. The van der Waals surface area contributed by atoms with E-state index in [4.69, 9.17) is 9.21 Å². The number of hydrogen-bond acceptors (Lipinski definition) is 6. The van der Waals surface area contributed by atoms with Gasteiger partial charge >= 0.3 is 0 Å². The molecule has 2 heterocycles. The summed E-state index contributed by atoms with van der Waals surface area (Å²) < 4.78 is 5.11. The van der Waals surface area contributed by atoms with Crippen LogP contribution in [0.5, 0.6) is 0 Å². The summed E-state index contributed by atoms with van der Waals surface area (Å²) in [7, 11) is 1.56. The van der Waals surface area contributed by atoms with Crippen molar-refractivity contribution in [3.05, 3.63) is 12.5 Å². The third-order valence-electron chi connectivity index (χ3n) is 1.99. The number of rotatable bonds is 3. The molecule has 1 fully saturated rings. The second kappa shape index (κ2) is 6.95. The molecule has 7 heteroatoms. The molecule has 94 valence electrons. The Bertz CT molecular complexity index is 350. The molecule has 0 saturated carbocycles. The Hall–Kier alpha value is -1.50. The summed E-state index contributed by atoms with van der Waals surface area (Å²) in [5.41, 5.74) is 0. The van der Waals surface area contributed by atoms with Crippen molar-refractivity contribution < 1.29 is 14.0 Å². The SMILES string of the molecule is CC(=O)SC1CN(c2ncco2)C1.CNC=O. The Labute approximate surface area is 104 Å². The number of anilines is 1. The van der Waals surface area contributed by atoms with Gasteiger partial charge in [-0.15, -0.1) is 0 Å². The molecule has 0 aromatic carbocycles. The molecule has 1 aromatic heterocycles. The van der Waals surface area contributed by atoms with Gasteiger partial charge in [-0.25, -0.2) is 4.98 Å². The molecule has 1 N–H and O–H groups in total. The molecule has 0 aliphatic carbocycles. The molecule has 1 saturated heterocycles. The van der Waals surface area contributed by atoms with Gasteiger partial charge in [-0.2, -0.15) is 0 Å². The topological polar surface area (TPSA) is 75.4 Å². The number of carbonyl (C=O) groups excluding carboxylic acids is 2. The fourth-order valence-corrected chi connectivity index (χ4v) is 2.25. The molecule has 1 aliphatic heterocycles. The predicted octanol–water partition coefficient (Wildman–Crippen LogP) is 0.505. The third-order valence-corrected chi connectivity index (χ3v) is 2.95. The van der Waals surface area contributed by atoms with Gasteiger partial charge in [0.15, 0.2) is 5.12 Å². The van der Waals surface area contributed by atoms with Crippen LogP contribution < -0.4 is 10.2 Å². The molecule has 0 atom stereocenters. The van der Waals surface area contributed by atoms with E-state index in [1.807, 2.05) is 4.90 Å². The van der Waals surface area contributed by atoms with E-state index < -0.39 is 0 Å². The lowest BCUT2D eigenvalue weighted by Crippen LogP contribution is -2.49. The average molecular weight is 257 g/mol. The van der Waals surface area contributed by atoms with Gasteiger partial charge in [0, 0.05) is 32.3 Å². The highest BCUT2D eigenvalue weighted by Gasteiger charge is 2.30. The van der Waals surface area contributed by atoms with E-state index in [1.165, 1.54) is 11.8 Å². The van der Waals surface area contributed by atoms with Gasteiger partial charge in [0.1, 0.15) is 6.26 Å². The van der Waals surface area contributed by atoms with Crippen LogP contribution in [-0.2, 0) is 9.59 Å². The van der Waals surface area contributed by atoms with Crippen molar-refractivity contribution in [2.75, 3.05) is 25.0 Å². The lowest BCUT2D eigenvalue weighted by molar-refractivity contribution is -0.109. The van der Waals surface area contributed by atoms with Gasteiger partial charge in [-0.1, -0.05) is 11.8 Å². The second-order valence-electron chi connectivity index (χ2n) is 3.36. The van der Waals surface area contributed by atoms with Crippen LogP contribution >= 0.6 is 11.8 Å². The van der Waals surface area contributed by atoms with Crippen LogP contribution in [0.25, 0.3) is 0 Å². The van der Waals surface area contributed by atoms with Crippen molar-refractivity contribution in [1.29, 1.82) is 0 Å². The molecule has 0 spiro atoms. The van der Waals surface area contributed by atoms with E-state index >= 15 is 0 Å². The quantitative estimate of drug-likeness (QED) is 0.795. The lowest BCUT2D eigenvalue weighted by Gasteiger charge is -2.36. The van der Waals surface area contributed by atoms with Crippen molar-refractivity contribution in [3.63, 3.8) is 0 Å². The van der Waals surface area contributed by atoms with Crippen LogP contribution in [-0.4, -0.2) is 41.9 Å². The average Bonchev–Trinajstić information content (AvgIpc) is 2.76. The van der Waals surface area contributed by atoms with Crippen molar-refractivity contribution in [1.82, 2.24) is 10.3 Å². The number of carbonyl (C=O) groups is 2. The van der Waals surface area contributed by atoms with E-state index in [-0.39, 0.29) is 5.12 Å². The number of aromatic nitrogens is 1. The molecule has 0 unspecified atom stereocenters. The highest BCUT2D eigenvalue weighted by atomic mass is 32.2. The molecular weight excluding hydrogens is 242 g/mol. The van der Waals surface area contributed by atoms with E-state index in [0.29, 0.717) is 17.7 Å². The summed E-state index contributed by atoms with van der Waals surface area (Å²) in [6.45, 7) is 3.30. The molecular formula is C10H15N3O3S. The molecule has 2 rings (SSSR count). The molecule has 1 amide bonds. The largest absolute Gasteiger partial charge is 0.432 e. The Morgan fingerprint density at radius 3 is 2.76 bits per heavy atom. The number of nitrogens with one attached hydrogen (secondary N) is 1. The number of nitrogens with zero attached hydrogens (tertiary/aromatic N) is 2. The smallest absolute Gasteiger partial charge is 0.297 e. The van der Waals surface area contributed by atoms with Gasteiger partial charge in [0.25, 0.3) is 6.01 Å². The van der Waals surface area contributed by atoms with Crippen LogP contribution in [0.1, 0.15) is 6.92 Å². The van der Waals surface area contributed by atoms with Crippen LogP contribution in [0.2, 0.25) is 0 Å². The molecule has 1 aliphatic rings. The van der Waals surface area contributed by atoms with Crippen LogP contribution in [0.3, 0.4) is 0 Å². The molecule has 17 heavy (non-hydrogen) atoms. The highest BCUT2D eigenvalue weighted by Crippen LogP contribution is 2.26. The number of amides is 1. The van der Waals surface area contributed by atoms with Gasteiger partial charge in [-0.3, -0.25) is 9.59 Å². The zero-order valence-electron chi connectivity index (χ0n) is 9.75. The normalized spacial score (nSPS) is 14.4. The zero-order valence-corrected chi connectivity index (χ0v) is 10.6. The molecule has 0 radical (unpaired) electrons. The maximum Gasteiger partial charge on any atom is 0.297 e. The first-order valence-electron chi connectivity index (χ1n) is 5.10. The van der Waals surface area contributed by atoms with E-state index in [0.717, 1.165) is 13.1 Å². The highest BCUT2D eigenvalue weighted by molar-refractivity contribution is 8.14. The van der Waals surface area contributed by atoms with E-state index in [1.54, 1.807) is 26.4 Å². The van der Waals surface area contributed by atoms with Crippen LogP contribution in [0, 0.1) is 0 Å². The summed E-state index contributed by atoms with van der Waals surface area (Å²) in [5, 5.41) is 2.83. The number of thioether (sulfide) groups is 1. The van der Waals surface area contributed by atoms with Gasteiger partial charge in [0.05, 0.1) is 6.20 Å². The molecule has 0 bridgehead atoms. The standard InChI is InChI=1S/C8H10N2O2S.C2H5NO/c1-6(11)13-7-4-10(5-7)8-9-2-3-12-8;1-3-2-4/h2-3,7H,4-5H2,1H3;2H,1H3,(H,3,4). The van der Waals surface area contributed by atoms with E-state index in [9.17, 15) is 4.79 Å². The first-order valence-corrected chi connectivity index (χ1v) is 5.98. The Balaban J connectivity index is 0.000000317. The van der Waals surface area contributed by atoms with Crippen LogP contribution in [0.15, 0.2) is 16.9 Å². The Morgan fingerprint density at radius 2 is 2.35 bits per heavy atom. The van der Waals surface area contributed by atoms with Crippen molar-refractivity contribution in [3.8, 4) is 0 Å². The van der Waals surface area contributed by atoms with Gasteiger partial charge < -0.3 is 14.6 Å². The fourth-order valence-electron chi connectivity index (χ4n) is 1.28. The zero-order chi connectivity index (χ0) is 12.7. The Kier molecular flexibility index (Phi) is 5.55. The Morgan fingerprint density at radius 1 is 1.71 bits per heavy atom. The number of hydrogen-bond donors (Lipinski definition) is 1. The van der Waals surface area contributed by atoms with Crippen LogP contribution in [0.4, 0.5) is 6.01 Å². The van der Waals surface area contributed by atoms with Gasteiger partial charge in [0.2, 0.25) is 6.41 Å². The molecule has 6 nitrogen and oxygen atoms in total. The first kappa shape index (κ1) is 13.6. The van der Waals surface area contributed by atoms with E-state index in [2.05, 4.69) is 10.3 Å². The summed E-state index contributed by atoms with van der Waals surface area (Å²) in [4.78, 5) is 25.8. The maximum absolute atomic E-state index is 10.7. The van der Waals surface area contributed by atoms with Crippen molar-refractivity contribution >= 4 is 29.3 Å². The summed E-state index contributed by atoms with van der Waals surface area (Å²) in [5.74, 6) is 0. The first-order chi connectivity index (χ1) is 8.17. The monoisotopic (exact) mass is 257 g/mol. The summed E-state index contributed by atoms with van der Waals surface area (Å²) in [6, 6.07) is 0.653. The fraction of sp³-hybridized carbons (Fsp3) is 0.500. The second-order valence-corrected chi connectivity index (χ2v) is 4.83. The van der Waals surface area contributed by atoms with Crippen molar-refractivity contribution in [2.24, 2.45) is 0 Å². The molecule has 1 aromatic rings. The summed E-state index contributed by atoms with van der Waals surface area (Å²) in [6.07, 6.45) is 3.81. The maximum atomic E-state index is 10.7. The number of oxazole rings is 1. The minimum Gasteiger partial charge on any atom is -0.432 e. The van der Waals surface area contributed by atoms with Crippen molar-refractivity contribution in [2.45, 2.75) is 12.2 Å². The summed E-state index contributed by atoms with van der Waals surface area (Å²) >= 11 is 1.39. The minimum absolute atomic E-state index is 0.178.